The SMILES string of the molecule is Cc1nn(CC2CCCO2)c(C)c1C(=O)O. The maximum Gasteiger partial charge on any atom is 0.339 e. The Morgan fingerprint density at radius 1 is 1.62 bits per heavy atom. The molecule has 0 spiro atoms. The summed E-state index contributed by atoms with van der Waals surface area (Å²) in [6, 6.07) is 0. The number of carboxylic acids is 1. The molecule has 0 aliphatic carbocycles. The molecule has 1 aromatic rings. The number of carboxylic acid groups (broad SMARTS) is 1. The Labute approximate surface area is 94.0 Å². The predicted molar refractivity (Wildman–Crippen MR) is 57.6 cm³/mol. The monoisotopic (exact) mass is 224 g/mol. The first-order valence-electron chi connectivity index (χ1n) is 5.48. The minimum Gasteiger partial charge on any atom is -0.478 e. The van der Waals surface area contributed by atoms with Crippen LogP contribution in [0.5, 0.6) is 0 Å². The standard InChI is InChI=1S/C11H16N2O3/c1-7-10(11(14)15)8(2)13(12-7)6-9-4-3-5-16-9/h9H,3-6H2,1-2H3,(H,14,15). The summed E-state index contributed by atoms with van der Waals surface area (Å²) >= 11 is 0. The number of hydrogen-bond acceptors (Lipinski definition) is 3. The number of aromatic carboxylic acids is 1. The molecule has 1 N–H and O–H groups in total. The van der Waals surface area contributed by atoms with Crippen molar-refractivity contribution in [1.29, 1.82) is 0 Å². The van der Waals surface area contributed by atoms with Crippen LogP contribution in [0.1, 0.15) is 34.6 Å². The van der Waals surface area contributed by atoms with E-state index in [9.17, 15) is 4.79 Å². The third-order valence-electron chi connectivity index (χ3n) is 3.00. The molecule has 0 aromatic carbocycles. The van der Waals surface area contributed by atoms with Crippen LogP contribution in [0.15, 0.2) is 0 Å². The van der Waals surface area contributed by atoms with Gasteiger partial charge in [-0.05, 0) is 26.7 Å². The number of carbonyl (C=O) groups is 1. The van der Waals surface area contributed by atoms with Crippen molar-refractivity contribution in [2.24, 2.45) is 0 Å². The van der Waals surface area contributed by atoms with Crippen LogP contribution in [0.2, 0.25) is 0 Å². The Morgan fingerprint density at radius 3 is 2.88 bits per heavy atom. The molecule has 1 atom stereocenters. The van der Waals surface area contributed by atoms with E-state index in [4.69, 9.17) is 9.84 Å². The zero-order chi connectivity index (χ0) is 11.7. The van der Waals surface area contributed by atoms with Gasteiger partial charge in [0, 0.05) is 6.61 Å². The molecule has 2 rings (SSSR count). The van der Waals surface area contributed by atoms with Crippen LogP contribution in [0.3, 0.4) is 0 Å². The quantitative estimate of drug-likeness (QED) is 0.842. The summed E-state index contributed by atoms with van der Waals surface area (Å²) in [6.45, 7) is 4.97. The van der Waals surface area contributed by atoms with Crippen molar-refractivity contribution in [1.82, 2.24) is 9.78 Å². The highest BCUT2D eigenvalue weighted by molar-refractivity contribution is 5.90. The molecule has 0 saturated carbocycles. The van der Waals surface area contributed by atoms with E-state index in [-0.39, 0.29) is 6.10 Å². The van der Waals surface area contributed by atoms with Crippen LogP contribution in [0.25, 0.3) is 0 Å². The summed E-state index contributed by atoms with van der Waals surface area (Å²) in [4.78, 5) is 11.0. The average molecular weight is 224 g/mol. The third-order valence-corrected chi connectivity index (χ3v) is 3.00. The number of aromatic nitrogens is 2. The van der Waals surface area contributed by atoms with Gasteiger partial charge in [-0.2, -0.15) is 5.10 Å². The van der Waals surface area contributed by atoms with Crippen LogP contribution in [-0.2, 0) is 11.3 Å². The number of aryl methyl sites for hydroxylation is 1. The summed E-state index contributed by atoms with van der Waals surface area (Å²) in [5.41, 5.74) is 1.60. The fourth-order valence-electron chi connectivity index (χ4n) is 2.17. The molecule has 16 heavy (non-hydrogen) atoms. The molecule has 1 aromatic heterocycles. The average Bonchev–Trinajstić information content (AvgIpc) is 2.76. The van der Waals surface area contributed by atoms with Crippen molar-refractivity contribution in [3.63, 3.8) is 0 Å². The molecule has 1 aliphatic heterocycles. The van der Waals surface area contributed by atoms with E-state index < -0.39 is 5.97 Å². The normalized spacial score (nSPS) is 20.2. The molecule has 1 fully saturated rings. The summed E-state index contributed by atoms with van der Waals surface area (Å²) in [5.74, 6) is -0.909. The molecule has 0 amide bonds. The molecule has 0 bridgehead atoms. The maximum absolute atomic E-state index is 11.0. The molecular weight excluding hydrogens is 208 g/mol. The third kappa shape index (κ3) is 1.95. The van der Waals surface area contributed by atoms with E-state index in [0.29, 0.717) is 23.5 Å². The van der Waals surface area contributed by atoms with Gasteiger partial charge in [0.05, 0.1) is 24.0 Å². The van der Waals surface area contributed by atoms with Gasteiger partial charge in [-0.3, -0.25) is 4.68 Å². The Morgan fingerprint density at radius 2 is 2.38 bits per heavy atom. The van der Waals surface area contributed by atoms with Gasteiger partial charge in [0.15, 0.2) is 0 Å². The van der Waals surface area contributed by atoms with Crippen molar-refractivity contribution in [3.05, 3.63) is 17.0 Å². The van der Waals surface area contributed by atoms with Crippen molar-refractivity contribution < 1.29 is 14.6 Å². The van der Waals surface area contributed by atoms with Gasteiger partial charge in [0.2, 0.25) is 0 Å². The van der Waals surface area contributed by atoms with Gasteiger partial charge >= 0.3 is 5.97 Å². The maximum atomic E-state index is 11.0. The van der Waals surface area contributed by atoms with E-state index in [1.165, 1.54) is 0 Å². The second-order valence-electron chi connectivity index (χ2n) is 4.17. The lowest BCUT2D eigenvalue weighted by molar-refractivity contribution is 0.0694. The minimum atomic E-state index is -0.909. The second kappa shape index (κ2) is 4.25. The Hall–Kier alpha value is -1.36. The fourth-order valence-corrected chi connectivity index (χ4v) is 2.17. The number of nitrogens with zero attached hydrogens (tertiary/aromatic N) is 2. The van der Waals surface area contributed by atoms with E-state index in [1.807, 2.05) is 0 Å². The van der Waals surface area contributed by atoms with Crippen molar-refractivity contribution in [3.8, 4) is 0 Å². The summed E-state index contributed by atoms with van der Waals surface area (Å²) < 4.78 is 7.26. The Balaban J connectivity index is 2.21. The highest BCUT2D eigenvalue weighted by atomic mass is 16.5. The molecular formula is C11H16N2O3. The highest BCUT2D eigenvalue weighted by Gasteiger charge is 2.21. The predicted octanol–water partition coefficient (Wildman–Crippen LogP) is 1.38. The first-order valence-corrected chi connectivity index (χ1v) is 5.48. The lowest BCUT2D eigenvalue weighted by Gasteiger charge is -2.10. The lowest BCUT2D eigenvalue weighted by Crippen LogP contribution is -2.17. The van der Waals surface area contributed by atoms with Gasteiger partial charge in [-0.25, -0.2) is 4.79 Å². The van der Waals surface area contributed by atoms with Crippen molar-refractivity contribution in [2.45, 2.75) is 39.3 Å². The molecule has 88 valence electrons. The first kappa shape index (κ1) is 11.1. The van der Waals surface area contributed by atoms with E-state index in [2.05, 4.69) is 5.10 Å². The molecule has 5 heteroatoms. The molecule has 1 aliphatic rings. The van der Waals surface area contributed by atoms with Crippen molar-refractivity contribution in [2.75, 3.05) is 6.61 Å². The van der Waals surface area contributed by atoms with Crippen LogP contribution < -0.4 is 0 Å². The molecule has 5 nitrogen and oxygen atoms in total. The topological polar surface area (TPSA) is 64.4 Å². The molecule has 2 heterocycles. The van der Waals surface area contributed by atoms with Gasteiger partial charge in [-0.1, -0.05) is 0 Å². The number of ether oxygens (including phenoxy) is 1. The smallest absolute Gasteiger partial charge is 0.339 e. The lowest BCUT2D eigenvalue weighted by atomic mass is 10.2. The molecule has 1 saturated heterocycles. The second-order valence-corrected chi connectivity index (χ2v) is 4.17. The van der Waals surface area contributed by atoms with Crippen LogP contribution in [-0.4, -0.2) is 33.6 Å². The summed E-state index contributed by atoms with van der Waals surface area (Å²) in [5, 5.41) is 13.3. The fraction of sp³-hybridized carbons (Fsp3) is 0.636. The number of rotatable bonds is 3. The Bertz CT molecular complexity index is 406. The highest BCUT2D eigenvalue weighted by Crippen LogP contribution is 2.18. The molecule has 1 unspecified atom stereocenters. The van der Waals surface area contributed by atoms with Crippen LogP contribution in [0.4, 0.5) is 0 Å². The van der Waals surface area contributed by atoms with Gasteiger partial charge < -0.3 is 9.84 Å². The molecule has 0 radical (unpaired) electrons. The Kier molecular flexibility index (Phi) is 2.96. The van der Waals surface area contributed by atoms with Gasteiger partial charge in [0.1, 0.15) is 5.56 Å². The largest absolute Gasteiger partial charge is 0.478 e. The van der Waals surface area contributed by atoms with Crippen LogP contribution in [0, 0.1) is 13.8 Å². The van der Waals surface area contributed by atoms with E-state index in [1.54, 1.807) is 18.5 Å². The summed E-state index contributed by atoms with van der Waals surface area (Å²) in [7, 11) is 0. The van der Waals surface area contributed by atoms with E-state index in [0.717, 1.165) is 19.4 Å². The number of hydrogen-bond donors (Lipinski definition) is 1. The van der Waals surface area contributed by atoms with Crippen LogP contribution >= 0.6 is 0 Å². The first-order chi connectivity index (χ1) is 7.59. The zero-order valence-electron chi connectivity index (χ0n) is 9.56. The van der Waals surface area contributed by atoms with E-state index >= 15 is 0 Å². The zero-order valence-corrected chi connectivity index (χ0v) is 9.56. The van der Waals surface area contributed by atoms with Gasteiger partial charge in [-0.15, -0.1) is 0 Å². The summed E-state index contributed by atoms with van der Waals surface area (Å²) in [6.07, 6.45) is 2.29. The van der Waals surface area contributed by atoms with Crippen molar-refractivity contribution >= 4 is 5.97 Å². The van der Waals surface area contributed by atoms with Gasteiger partial charge in [0.25, 0.3) is 0 Å². The minimum absolute atomic E-state index is 0.180.